The summed E-state index contributed by atoms with van der Waals surface area (Å²) >= 11 is 6.20. The number of carbonyl (C=O) groups excluding carboxylic acids is 2. The van der Waals surface area contributed by atoms with Crippen molar-refractivity contribution in [2.45, 2.75) is 31.8 Å². The maximum atomic E-state index is 13.1. The Morgan fingerprint density at radius 3 is 2.29 bits per heavy atom. The molecule has 2 unspecified atom stereocenters. The second kappa shape index (κ2) is 11.1. The Bertz CT molecular complexity index is 1150. The fraction of sp³-hybridized carbons (Fsp3) is 0.259. The molecule has 1 aliphatic heterocycles. The standard InChI is InChI=1S/C27H27ClN2O4/c1-2-22(19-12-13-24-25(16-19)34-15-14-33-24)29-26(31)17-23(18-8-4-3-5-9-18)30-27(32)20-10-6-7-11-21(20)28/h3-13,16,22-23H,2,14-15,17H2,1H3,(H,29,31)(H,30,32). The first-order valence-corrected chi connectivity index (χ1v) is 11.7. The minimum Gasteiger partial charge on any atom is -0.486 e. The van der Waals surface area contributed by atoms with Gasteiger partial charge in [-0.15, -0.1) is 0 Å². The van der Waals surface area contributed by atoms with Crippen molar-refractivity contribution in [1.29, 1.82) is 0 Å². The summed E-state index contributed by atoms with van der Waals surface area (Å²) in [4.78, 5) is 26.0. The predicted molar refractivity (Wildman–Crippen MR) is 131 cm³/mol. The van der Waals surface area contributed by atoms with Gasteiger partial charge in [0.15, 0.2) is 11.5 Å². The summed E-state index contributed by atoms with van der Waals surface area (Å²) < 4.78 is 11.3. The smallest absolute Gasteiger partial charge is 0.253 e. The highest BCUT2D eigenvalue weighted by molar-refractivity contribution is 6.33. The zero-order valence-corrected chi connectivity index (χ0v) is 19.7. The lowest BCUT2D eigenvalue weighted by Gasteiger charge is -2.24. The molecule has 0 aromatic heterocycles. The second-order valence-corrected chi connectivity index (χ2v) is 8.46. The van der Waals surface area contributed by atoms with Crippen molar-refractivity contribution in [2.75, 3.05) is 13.2 Å². The molecule has 0 saturated carbocycles. The van der Waals surface area contributed by atoms with E-state index in [0.717, 1.165) is 11.1 Å². The van der Waals surface area contributed by atoms with Gasteiger partial charge in [-0.1, -0.05) is 67.1 Å². The lowest BCUT2D eigenvalue weighted by molar-refractivity contribution is -0.122. The van der Waals surface area contributed by atoms with Gasteiger partial charge in [0.25, 0.3) is 5.91 Å². The van der Waals surface area contributed by atoms with Gasteiger partial charge in [-0.3, -0.25) is 9.59 Å². The van der Waals surface area contributed by atoms with Crippen LogP contribution in [-0.2, 0) is 4.79 Å². The van der Waals surface area contributed by atoms with Gasteiger partial charge >= 0.3 is 0 Å². The average Bonchev–Trinajstić information content (AvgIpc) is 2.87. The van der Waals surface area contributed by atoms with E-state index in [-0.39, 0.29) is 24.3 Å². The minimum atomic E-state index is -0.511. The Kier molecular flexibility index (Phi) is 7.70. The molecule has 1 heterocycles. The first kappa shape index (κ1) is 23.6. The van der Waals surface area contributed by atoms with E-state index in [1.165, 1.54) is 0 Å². The molecule has 4 rings (SSSR count). The SMILES string of the molecule is CCC(NC(=O)CC(NC(=O)c1ccccc1Cl)c1ccccc1)c1ccc2c(c1)OCCO2. The fourth-order valence-electron chi connectivity index (χ4n) is 3.96. The predicted octanol–water partition coefficient (Wildman–Crippen LogP) is 5.24. The number of halogens is 1. The topological polar surface area (TPSA) is 76.7 Å². The summed E-state index contributed by atoms with van der Waals surface area (Å²) in [7, 11) is 0. The maximum absolute atomic E-state index is 13.1. The molecular formula is C27H27ClN2O4. The van der Waals surface area contributed by atoms with Gasteiger partial charge in [0.2, 0.25) is 5.91 Å². The van der Waals surface area contributed by atoms with Crippen LogP contribution in [0, 0.1) is 0 Å². The normalized spacial score (nSPS) is 14.1. The summed E-state index contributed by atoms with van der Waals surface area (Å²) in [6, 6.07) is 21.3. The number of hydrogen-bond donors (Lipinski definition) is 2. The third kappa shape index (κ3) is 5.69. The van der Waals surface area contributed by atoms with Crippen molar-refractivity contribution >= 4 is 23.4 Å². The third-order valence-corrected chi connectivity index (χ3v) is 6.06. The molecule has 1 aliphatic rings. The van der Waals surface area contributed by atoms with Gasteiger partial charge in [-0.25, -0.2) is 0 Å². The molecule has 2 amide bonds. The van der Waals surface area contributed by atoms with Crippen molar-refractivity contribution < 1.29 is 19.1 Å². The summed E-state index contributed by atoms with van der Waals surface area (Å²) in [5.41, 5.74) is 2.15. The number of ether oxygens (including phenoxy) is 2. The van der Waals surface area contributed by atoms with Crippen molar-refractivity contribution in [3.05, 3.63) is 94.5 Å². The van der Waals surface area contributed by atoms with Crippen LogP contribution in [0.5, 0.6) is 11.5 Å². The lowest BCUT2D eigenvalue weighted by Crippen LogP contribution is -2.35. The number of fused-ring (bicyclic) bond motifs is 1. The van der Waals surface area contributed by atoms with Crippen molar-refractivity contribution in [3.63, 3.8) is 0 Å². The van der Waals surface area contributed by atoms with Crippen LogP contribution in [0.3, 0.4) is 0 Å². The molecule has 2 atom stereocenters. The summed E-state index contributed by atoms with van der Waals surface area (Å²) in [6.07, 6.45) is 0.786. The number of benzene rings is 3. The Labute approximate surface area is 204 Å². The molecule has 0 aliphatic carbocycles. The van der Waals surface area contributed by atoms with Crippen LogP contribution in [0.4, 0.5) is 0 Å². The number of hydrogen-bond acceptors (Lipinski definition) is 4. The van der Waals surface area contributed by atoms with Crippen LogP contribution in [0.2, 0.25) is 5.02 Å². The number of nitrogens with one attached hydrogen (secondary N) is 2. The van der Waals surface area contributed by atoms with Crippen LogP contribution in [-0.4, -0.2) is 25.0 Å². The molecule has 0 bridgehead atoms. The van der Waals surface area contributed by atoms with E-state index >= 15 is 0 Å². The van der Waals surface area contributed by atoms with E-state index in [2.05, 4.69) is 10.6 Å². The molecule has 2 N–H and O–H groups in total. The van der Waals surface area contributed by atoms with E-state index in [1.807, 2.05) is 55.5 Å². The van der Waals surface area contributed by atoms with Crippen molar-refractivity contribution in [2.24, 2.45) is 0 Å². The van der Waals surface area contributed by atoms with E-state index in [4.69, 9.17) is 21.1 Å². The van der Waals surface area contributed by atoms with E-state index in [0.29, 0.717) is 41.7 Å². The third-order valence-electron chi connectivity index (χ3n) is 5.73. The molecule has 0 saturated heterocycles. The van der Waals surface area contributed by atoms with Crippen molar-refractivity contribution in [1.82, 2.24) is 10.6 Å². The average molecular weight is 479 g/mol. The molecule has 0 fully saturated rings. The number of rotatable bonds is 8. The lowest BCUT2D eigenvalue weighted by atomic mass is 10.0. The van der Waals surface area contributed by atoms with E-state index in [9.17, 15) is 9.59 Å². The van der Waals surface area contributed by atoms with Crippen LogP contribution in [0.1, 0.15) is 53.3 Å². The Morgan fingerprint density at radius 2 is 1.56 bits per heavy atom. The van der Waals surface area contributed by atoms with Crippen LogP contribution >= 0.6 is 11.6 Å². The van der Waals surface area contributed by atoms with Gasteiger partial charge in [0.1, 0.15) is 13.2 Å². The largest absolute Gasteiger partial charge is 0.486 e. The zero-order chi connectivity index (χ0) is 23.9. The molecule has 176 valence electrons. The number of amides is 2. The zero-order valence-electron chi connectivity index (χ0n) is 18.9. The Balaban J connectivity index is 1.49. The summed E-state index contributed by atoms with van der Waals surface area (Å²) in [6.45, 7) is 3.04. The highest BCUT2D eigenvalue weighted by atomic mass is 35.5. The van der Waals surface area contributed by atoms with Gasteiger partial charge in [0.05, 0.1) is 29.1 Å². The van der Waals surface area contributed by atoms with Crippen molar-refractivity contribution in [3.8, 4) is 11.5 Å². The molecule has 3 aromatic carbocycles. The maximum Gasteiger partial charge on any atom is 0.253 e. The number of carbonyl (C=O) groups is 2. The quantitative estimate of drug-likeness (QED) is 0.464. The fourth-order valence-corrected chi connectivity index (χ4v) is 4.18. The highest BCUT2D eigenvalue weighted by Gasteiger charge is 2.23. The van der Waals surface area contributed by atoms with Gasteiger partial charge < -0.3 is 20.1 Å². The molecule has 34 heavy (non-hydrogen) atoms. The molecule has 0 spiro atoms. The molecule has 7 heteroatoms. The minimum absolute atomic E-state index is 0.0846. The monoisotopic (exact) mass is 478 g/mol. The Morgan fingerprint density at radius 1 is 0.853 bits per heavy atom. The molecule has 3 aromatic rings. The second-order valence-electron chi connectivity index (χ2n) is 8.05. The highest BCUT2D eigenvalue weighted by Crippen LogP contribution is 2.33. The Hall–Kier alpha value is -3.51. The van der Waals surface area contributed by atoms with Gasteiger partial charge in [-0.05, 0) is 41.8 Å². The molecule has 0 radical (unpaired) electrons. The molecular weight excluding hydrogens is 452 g/mol. The first-order chi connectivity index (χ1) is 16.5. The van der Waals surface area contributed by atoms with Gasteiger partial charge in [0, 0.05) is 0 Å². The van der Waals surface area contributed by atoms with Crippen LogP contribution in [0.25, 0.3) is 0 Å². The summed E-state index contributed by atoms with van der Waals surface area (Å²) in [5, 5.41) is 6.44. The first-order valence-electron chi connectivity index (χ1n) is 11.3. The van der Waals surface area contributed by atoms with Crippen LogP contribution < -0.4 is 20.1 Å². The molecule has 6 nitrogen and oxygen atoms in total. The van der Waals surface area contributed by atoms with E-state index in [1.54, 1.807) is 24.3 Å². The van der Waals surface area contributed by atoms with Gasteiger partial charge in [-0.2, -0.15) is 0 Å². The summed E-state index contributed by atoms with van der Waals surface area (Å²) in [5.74, 6) is 0.898. The van der Waals surface area contributed by atoms with Crippen LogP contribution in [0.15, 0.2) is 72.8 Å². The van der Waals surface area contributed by atoms with E-state index < -0.39 is 6.04 Å².